The molecule has 1 amide bonds. The van der Waals surface area contributed by atoms with Crippen LogP contribution in [-0.2, 0) is 0 Å². The minimum atomic E-state index is -0.0324. The van der Waals surface area contributed by atoms with E-state index in [1.165, 1.54) is 0 Å². The molecule has 0 aliphatic rings. The molecule has 0 aliphatic heterocycles. The van der Waals surface area contributed by atoms with Crippen molar-refractivity contribution in [2.75, 3.05) is 27.2 Å². The quantitative estimate of drug-likeness (QED) is 0.686. The van der Waals surface area contributed by atoms with Gasteiger partial charge < -0.3 is 15.2 Å². The van der Waals surface area contributed by atoms with Gasteiger partial charge in [0.2, 0.25) is 0 Å². The standard InChI is InChI=1S/C19H22N4O/c1-23(2)12-4-9-22-19(24)15-6-3-5-14(13-15)16-7-10-20-18-17(16)8-11-21-18/h3,5-8,10-11,13H,4,9,12H2,1-2H3,(H,20,21)(H,22,24). The van der Waals surface area contributed by atoms with Crippen LogP contribution in [0.25, 0.3) is 22.2 Å². The van der Waals surface area contributed by atoms with Gasteiger partial charge in [0.05, 0.1) is 0 Å². The molecular weight excluding hydrogens is 300 g/mol. The van der Waals surface area contributed by atoms with Crippen molar-refractivity contribution in [3.8, 4) is 11.1 Å². The number of aromatic amines is 1. The van der Waals surface area contributed by atoms with Crippen molar-refractivity contribution in [1.82, 2.24) is 20.2 Å². The smallest absolute Gasteiger partial charge is 0.251 e. The molecule has 2 aromatic heterocycles. The number of hydrogen-bond donors (Lipinski definition) is 2. The van der Waals surface area contributed by atoms with E-state index < -0.39 is 0 Å². The zero-order chi connectivity index (χ0) is 16.9. The van der Waals surface area contributed by atoms with Gasteiger partial charge in [-0.25, -0.2) is 4.98 Å². The SMILES string of the molecule is CN(C)CCCNC(=O)c1cccc(-c2ccnc3[nH]ccc23)c1. The number of pyridine rings is 1. The number of benzene rings is 1. The molecule has 0 aliphatic carbocycles. The molecule has 3 aromatic rings. The summed E-state index contributed by atoms with van der Waals surface area (Å²) in [4.78, 5) is 21.9. The Balaban J connectivity index is 1.77. The van der Waals surface area contributed by atoms with Gasteiger partial charge in [0, 0.05) is 29.9 Å². The Morgan fingerprint density at radius 3 is 2.96 bits per heavy atom. The van der Waals surface area contributed by atoms with Crippen molar-refractivity contribution in [3.63, 3.8) is 0 Å². The lowest BCUT2D eigenvalue weighted by Gasteiger charge is -2.10. The molecule has 0 atom stereocenters. The van der Waals surface area contributed by atoms with E-state index in [2.05, 4.69) is 20.2 Å². The molecule has 5 nitrogen and oxygen atoms in total. The number of hydrogen-bond acceptors (Lipinski definition) is 3. The summed E-state index contributed by atoms with van der Waals surface area (Å²) in [6, 6.07) is 11.7. The first-order chi connectivity index (χ1) is 11.6. The Kier molecular flexibility index (Phi) is 4.91. The highest BCUT2D eigenvalue weighted by molar-refractivity contribution is 5.98. The van der Waals surface area contributed by atoms with Crippen molar-refractivity contribution >= 4 is 16.9 Å². The first-order valence-electron chi connectivity index (χ1n) is 8.10. The van der Waals surface area contributed by atoms with Crippen molar-refractivity contribution < 1.29 is 4.79 Å². The maximum atomic E-state index is 12.3. The largest absolute Gasteiger partial charge is 0.352 e. The third-order valence-electron chi connectivity index (χ3n) is 3.96. The molecule has 2 heterocycles. The predicted molar refractivity (Wildman–Crippen MR) is 97.0 cm³/mol. The lowest BCUT2D eigenvalue weighted by Crippen LogP contribution is -2.27. The van der Waals surface area contributed by atoms with Gasteiger partial charge in [-0.1, -0.05) is 12.1 Å². The number of nitrogens with zero attached hydrogens (tertiary/aromatic N) is 2. The number of nitrogens with one attached hydrogen (secondary N) is 2. The molecule has 0 unspecified atom stereocenters. The maximum absolute atomic E-state index is 12.3. The van der Waals surface area contributed by atoms with Crippen LogP contribution in [0.15, 0.2) is 48.8 Å². The summed E-state index contributed by atoms with van der Waals surface area (Å²) in [6.45, 7) is 1.64. The number of H-pyrrole nitrogens is 1. The number of aromatic nitrogens is 2. The summed E-state index contributed by atoms with van der Waals surface area (Å²) in [7, 11) is 4.06. The molecule has 0 saturated carbocycles. The minimum absolute atomic E-state index is 0.0324. The van der Waals surface area contributed by atoms with Crippen LogP contribution in [0, 0.1) is 0 Å². The van der Waals surface area contributed by atoms with Crippen LogP contribution in [0.1, 0.15) is 16.8 Å². The lowest BCUT2D eigenvalue weighted by atomic mass is 10.0. The van der Waals surface area contributed by atoms with Crippen molar-refractivity contribution in [3.05, 3.63) is 54.4 Å². The van der Waals surface area contributed by atoms with Gasteiger partial charge in [-0.15, -0.1) is 0 Å². The van der Waals surface area contributed by atoms with E-state index in [1.54, 1.807) is 6.20 Å². The van der Waals surface area contributed by atoms with E-state index in [9.17, 15) is 4.79 Å². The molecule has 124 valence electrons. The van der Waals surface area contributed by atoms with Gasteiger partial charge in [-0.3, -0.25) is 4.79 Å². The highest BCUT2D eigenvalue weighted by Gasteiger charge is 2.09. The van der Waals surface area contributed by atoms with Crippen LogP contribution in [0.4, 0.5) is 0 Å². The highest BCUT2D eigenvalue weighted by Crippen LogP contribution is 2.27. The summed E-state index contributed by atoms with van der Waals surface area (Å²) in [6.07, 6.45) is 4.59. The van der Waals surface area contributed by atoms with Crippen molar-refractivity contribution in [2.45, 2.75) is 6.42 Å². The average molecular weight is 322 g/mol. The van der Waals surface area contributed by atoms with Crippen LogP contribution >= 0.6 is 0 Å². The topological polar surface area (TPSA) is 61.0 Å². The zero-order valence-corrected chi connectivity index (χ0v) is 14.0. The van der Waals surface area contributed by atoms with Crippen molar-refractivity contribution in [2.24, 2.45) is 0 Å². The molecule has 0 bridgehead atoms. The van der Waals surface area contributed by atoms with E-state index in [-0.39, 0.29) is 5.91 Å². The third kappa shape index (κ3) is 3.63. The monoisotopic (exact) mass is 322 g/mol. The molecular formula is C19H22N4O. The molecule has 2 N–H and O–H groups in total. The number of amides is 1. The van der Waals surface area contributed by atoms with Gasteiger partial charge in [0.1, 0.15) is 5.65 Å². The second-order valence-electron chi connectivity index (χ2n) is 6.09. The molecule has 0 saturated heterocycles. The summed E-state index contributed by atoms with van der Waals surface area (Å²) >= 11 is 0. The molecule has 24 heavy (non-hydrogen) atoms. The van der Waals surface area contributed by atoms with Crippen LogP contribution in [0.5, 0.6) is 0 Å². The normalized spacial score (nSPS) is 11.1. The van der Waals surface area contributed by atoms with Crippen LogP contribution < -0.4 is 5.32 Å². The molecule has 5 heteroatoms. The van der Waals surface area contributed by atoms with Crippen LogP contribution in [-0.4, -0.2) is 48.0 Å². The minimum Gasteiger partial charge on any atom is -0.352 e. The summed E-state index contributed by atoms with van der Waals surface area (Å²) in [5.41, 5.74) is 3.62. The Hall–Kier alpha value is -2.66. The average Bonchev–Trinajstić information content (AvgIpc) is 3.07. The van der Waals surface area contributed by atoms with Gasteiger partial charge >= 0.3 is 0 Å². The Labute approximate surface area is 141 Å². The molecule has 1 aromatic carbocycles. The number of rotatable bonds is 6. The molecule has 0 spiro atoms. The fraction of sp³-hybridized carbons (Fsp3) is 0.263. The van der Waals surface area contributed by atoms with Gasteiger partial charge in [0.25, 0.3) is 5.91 Å². The second-order valence-corrected chi connectivity index (χ2v) is 6.09. The Morgan fingerprint density at radius 2 is 2.12 bits per heavy atom. The van der Waals surface area contributed by atoms with E-state index in [1.807, 2.05) is 56.7 Å². The lowest BCUT2D eigenvalue weighted by molar-refractivity contribution is 0.0952. The van der Waals surface area contributed by atoms with E-state index in [0.29, 0.717) is 12.1 Å². The van der Waals surface area contributed by atoms with Gasteiger partial charge in [0.15, 0.2) is 0 Å². The molecule has 0 radical (unpaired) electrons. The summed E-state index contributed by atoms with van der Waals surface area (Å²) < 4.78 is 0. The number of carbonyl (C=O) groups excluding carboxylic acids is 1. The molecule has 0 fully saturated rings. The Morgan fingerprint density at radius 1 is 1.25 bits per heavy atom. The fourth-order valence-electron chi connectivity index (χ4n) is 2.74. The molecule has 3 rings (SSSR count). The Bertz CT molecular complexity index is 838. The number of fused-ring (bicyclic) bond motifs is 1. The first-order valence-corrected chi connectivity index (χ1v) is 8.10. The third-order valence-corrected chi connectivity index (χ3v) is 3.96. The fourth-order valence-corrected chi connectivity index (χ4v) is 2.74. The van der Waals surface area contributed by atoms with Crippen molar-refractivity contribution in [1.29, 1.82) is 0 Å². The zero-order valence-electron chi connectivity index (χ0n) is 14.0. The van der Waals surface area contributed by atoms with Crippen LogP contribution in [0.3, 0.4) is 0 Å². The van der Waals surface area contributed by atoms with E-state index >= 15 is 0 Å². The van der Waals surface area contributed by atoms with Gasteiger partial charge in [-0.05, 0) is 62.5 Å². The second kappa shape index (κ2) is 7.27. The van der Waals surface area contributed by atoms with Crippen LogP contribution in [0.2, 0.25) is 0 Å². The first kappa shape index (κ1) is 16.2. The predicted octanol–water partition coefficient (Wildman–Crippen LogP) is 2.91. The maximum Gasteiger partial charge on any atom is 0.251 e. The van der Waals surface area contributed by atoms with E-state index in [0.717, 1.165) is 35.1 Å². The van der Waals surface area contributed by atoms with E-state index in [4.69, 9.17) is 0 Å². The number of carbonyl (C=O) groups is 1. The highest BCUT2D eigenvalue weighted by atomic mass is 16.1. The van der Waals surface area contributed by atoms with Gasteiger partial charge in [-0.2, -0.15) is 0 Å². The summed E-state index contributed by atoms with van der Waals surface area (Å²) in [5.74, 6) is -0.0324. The summed E-state index contributed by atoms with van der Waals surface area (Å²) in [5, 5.41) is 4.04.